The fourth-order valence-electron chi connectivity index (χ4n) is 7.92. The highest BCUT2D eigenvalue weighted by atomic mass is 14.7. The summed E-state index contributed by atoms with van der Waals surface area (Å²) in [7, 11) is 0. The highest BCUT2D eigenvalue weighted by molar-refractivity contribution is 5.15. The maximum absolute atomic E-state index is 2.61. The third kappa shape index (κ3) is 3.84. The fraction of sp³-hybridized carbons (Fsp3) is 1.00. The molecule has 1 aliphatic carbocycles. The number of rotatable bonds is 7. The molecule has 0 bridgehead atoms. The summed E-state index contributed by atoms with van der Waals surface area (Å²) in [5, 5.41) is 0. The van der Waals surface area contributed by atoms with Crippen LogP contribution in [0.5, 0.6) is 0 Å². The second kappa shape index (κ2) is 7.55. The minimum Gasteiger partial charge on any atom is -0.0654 e. The van der Waals surface area contributed by atoms with E-state index < -0.39 is 0 Å². The quantitative estimate of drug-likeness (QED) is 0.431. The second-order valence-electron chi connectivity index (χ2n) is 11.9. The predicted molar refractivity (Wildman–Crippen MR) is 115 cm³/mol. The molecule has 0 spiro atoms. The van der Waals surface area contributed by atoms with Gasteiger partial charge in [-0.25, -0.2) is 0 Å². The first-order chi connectivity index (χ1) is 11.2. The number of hydrogen-bond acceptors (Lipinski definition) is 0. The van der Waals surface area contributed by atoms with Crippen molar-refractivity contribution in [3.63, 3.8) is 0 Å². The Kier molecular flexibility index (Phi) is 6.96. The van der Waals surface area contributed by atoms with Gasteiger partial charge in [0.1, 0.15) is 0 Å². The SMILES string of the molecule is CCCC(C)C(C)CCC1(CC)C(C)C(C)(C)C(C(C)(C)C)C1(C)C. The van der Waals surface area contributed by atoms with Crippen molar-refractivity contribution >= 4 is 0 Å². The molecule has 1 rings (SSSR count). The van der Waals surface area contributed by atoms with E-state index in [0.717, 1.165) is 23.7 Å². The largest absolute Gasteiger partial charge is 0.0654 e. The molecule has 0 aliphatic heterocycles. The van der Waals surface area contributed by atoms with Crippen LogP contribution in [0, 0.1) is 45.3 Å². The standard InChI is InChI=1S/C25H50/c1-13-15-18(3)19(4)16-17-25(14-2)20(5)23(9,10)21(22(6,7)8)24(25,11)12/h18-21H,13-17H2,1-12H3. The molecule has 1 fully saturated rings. The van der Waals surface area contributed by atoms with Crippen molar-refractivity contribution in [1.82, 2.24) is 0 Å². The average molecular weight is 351 g/mol. The highest BCUT2D eigenvalue weighted by Gasteiger charge is 2.66. The molecule has 5 unspecified atom stereocenters. The van der Waals surface area contributed by atoms with E-state index in [9.17, 15) is 0 Å². The molecule has 0 radical (unpaired) electrons. The van der Waals surface area contributed by atoms with Gasteiger partial charge in [0.25, 0.3) is 0 Å². The molecular weight excluding hydrogens is 300 g/mol. The zero-order chi connectivity index (χ0) is 19.8. The van der Waals surface area contributed by atoms with E-state index in [-0.39, 0.29) is 0 Å². The summed E-state index contributed by atoms with van der Waals surface area (Å²) < 4.78 is 0. The zero-order valence-electron chi connectivity index (χ0n) is 19.8. The summed E-state index contributed by atoms with van der Waals surface area (Å²) >= 11 is 0. The van der Waals surface area contributed by atoms with E-state index in [0.29, 0.717) is 21.7 Å². The average Bonchev–Trinajstić information content (AvgIpc) is 2.56. The molecule has 0 N–H and O–H groups in total. The van der Waals surface area contributed by atoms with Crippen LogP contribution in [0.25, 0.3) is 0 Å². The van der Waals surface area contributed by atoms with Crippen LogP contribution in [0.1, 0.15) is 115 Å². The molecule has 0 amide bonds. The third-order valence-corrected chi connectivity index (χ3v) is 8.95. The Labute approximate surface area is 160 Å². The van der Waals surface area contributed by atoms with Gasteiger partial charge in [0.15, 0.2) is 0 Å². The van der Waals surface area contributed by atoms with Crippen molar-refractivity contribution in [1.29, 1.82) is 0 Å². The lowest BCUT2D eigenvalue weighted by Crippen LogP contribution is -2.43. The van der Waals surface area contributed by atoms with Crippen LogP contribution >= 0.6 is 0 Å². The van der Waals surface area contributed by atoms with Crippen molar-refractivity contribution in [3.8, 4) is 0 Å². The first-order valence-corrected chi connectivity index (χ1v) is 11.2. The highest BCUT2D eigenvalue weighted by Crippen LogP contribution is 2.73. The van der Waals surface area contributed by atoms with Crippen molar-refractivity contribution in [2.24, 2.45) is 45.3 Å². The summed E-state index contributed by atoms with van der Waals surface area (Å²) in [6, 6.07) is 0. The van der Waals surface area contributed by atoms with Crippen LogP contribution in [0.4, 0.5) is 0 Å². The van der Waals surface area contributed by atoms with E-state index in [1.54, 1.807) is 0 Å². The van der Waals surface area contributed by atoms with Gasteiger partial charge in [0, 0.05) is 0 Å². The van der Waals surface area contributed by atoms with Crippen LogP contribution in [0.3, 0.4) is 0 Å². The second-order valence-corrected chi connectivity index (χ2v) is 11.9. The Morgan fingerprint density at radius 3 is 1.72 bits per heavy atom. The summed E-state index contributed by atoms with van der Waals surface area (Å²) in [6.45, 7) is 30.1. The normalized spacial score (nSPS) is 34.1. The molecule has 25 heavy (non-hydrogen) atoms. The monoisotopic (exact) mass is 350 g/mol. The van der Waals surface area contributed by atoms with E-state index in [2.05, 4.69) is 83.1 Å². The van der Waals surface area contributed by atoms with Gasteiger partial charge in [0.2, 0.25) is 0 Å². The van der Waals surface area contributed by atoms with E-state index in [4.69, 9.17) is 0 Å². The topological polar surface area (TPSA) is 0 Å². The van der Waals surface area contributed by atoms with Gasteiger partial charge in [0.05, 0.1) is 0 Å². The molecular formula is C25H50. The summed E-state index contributed by atoms with van der Waals surface area (Å²) in [5.74, 6) is 3.25. The lowest BCUT2D eigenvalue weighted by Gasteiger charge is -2.50. The molecule has 0 nitrogen and oxygen atoms in total. The van der Waals surface area contributed by atoms with Gasteiger partial charge in [-0.05, 0) is 64.6 Å². The Balaban J connectivity index is 3.19. The lowest BCUT2D eigenvalue weighted by atomic mass is 9.54. The predicted octanol–water partition coefficient (Wildman–Crippen LogP) is 8.60. The van der Waals surface area contributed by atoms with Crippen LogP contribution in [-0.2, 0) is 0 Å². The van der Waals surface area contributed by atoms with E-state index in [1.165, 1.54) is 32.1 Å². The molecule has 0 aromatic heterocycles. The van der Waals surface area contributed by atoms with Crippen molar-refractivity contribution < 1.29 is 0 Å². The molecule has 0 heteroatoms. The maximum Gasteiger partial charge on any atom is -0.0215 e. The fourth-order valence-corrected chi connectivity index (χ4v) is 7.92. The minimum absolute atomic E-state index is 0.360. The van der Waals surface area contributed by atoms with Crippen molar-refractivity contribution in [2.75, 3.05) is 0 Å². The van der Waals surface area contributed by atoms with Crippen molar-refractivity contribution in [3.05, 3.63) is 0 Å². The van der Waals surface area contributed by atoms with Crippen LogP contribution < -0.4 is 0 Å². The molecule has 0 heterocycles. The van der Waals surface area contributed by atoms with E-state index in [1.807, 2.05) is 0 Å². The number of hydrogen-bond donors (Lipinski definition) is 0. The lowest BCUT2D eigenvalue weighted by molar-refractivity contribution is -0.0154. The Bertz CT molecular complexity index is 422. The van der Waals surface area contributed by atoms with Gasteiger partial charge in [-0.3, -0.25) is 0 Å². The van der Waals surface area contributed by atoms with Gasteiger partial charge >= 0.3 is 0 Å². The van der Waals surface area contributed by atoms with Gasteiger partial charge in [-0.1, -0.05) is 95.9 Å². The van der Waals surface area contributed by atoms with Gasteiger partial charge < -0.3 is 0 Å². The van der Waals surface area contributed by atoms with Crippen LogP contribution in [-0.4, -0.2) is 0 Å². The van der Waals surface area contributed by atoms with Crippen molar-refractivity contribution in [2.45, 2.75) is 115 Å². The van der Waals surface area contributed by atoms with Gasteiger partial charge in [-0.15, -0.1) is 0 Å². The summed E-state index contributed by atoms with van der Waals surface area (Å²) in [5.41, 5.74) is 1.61. The smallest absolute Gasteiger partial charge is 0.0215 e. The summed E-state index contributed by atoms with van der Waals surface area (Å²) in [6.07, 6.45) is 6.84. The molecule has 0 saturated heterocycles. The minimum atomic E-state index is 0.360. The molecule has 0 aromatic rings. The van der Waals surface area contributed by atoms with E-state index >= 15 is 0 Å². The zero-order valence-corrected chi connectivity index (χ0v) is 19.8. The Morgan fingerprint density at radius 1 is 0.880 bits per heavy atom. The maximum atomic E-state index is 2.61. The van der Waals surface area contributed by atoms with Crippen LogP contribution in [0.2, 0.25) is 0 Å². The molecule has 5 atom stereocenters. The third-order valence-electron chi connectivity index (χ3n) is 8.95. The first kappa shape index (κ1) is 23.0. The summed E-state index contributed by atoms with van der Waals surface area (Å²) in [4.78, 5) is 0. The Morgan fingerprint density at radius 2 is 1.36 bits per heavy atom. The molecule has 0 aromatic carbocycles. The first-order valence-electron chi connectivity index (χ1n) is 11.2. The van der Waals surface area contributed by atoms with Crippen LogP contribution in [0.15, 0.2) is 0 Å². The molecule has 1 aliphatic rings. The molecule has 150 valence electrons. The molecule has 1 saturated carbocycles. The van der Waals surface area contributed by atoms with Gasteiger partial charge in [-0.2, -0.15) is 0 Å². The Hall–Kier alpha value is 0.